The van der Waals surface area contributed by atoms with Crippen LogP contribution in [0.1, 0.15) is 6.92 Å². The van der Waals surface area contributed by atoms with Gasteiger partial charge in [-0.3, -0.25) is 9.97 Å². The molecule has 3 nitrogen and oxygen atoms in total. The van der Waals surface area contributed by atoms with Crippen LogP contribution in [0.3, 0.4) is 0 Å². The molecule has 3 rings (SSSR count). The lowest BCUT2D eigenvalue weighted by Crippen LogP contribution is -1.83. The molecule has 0 amide bonds. The van der Waals surface area contributed by atoms with Crippen molar-refractivity contribution < 1.29 is 5.11 Å². The molecule has 0 atom stereocenters. The molecule has 2 heterocycles. The molecule has 0 aliphatic carbocycles. The van der Waals surface area contributed by atoms with E-state index in [-0.39, 0.29) is 6.61 Å². The Bertz CT molecular complexity index is 568. The Morgan fingerprint density at radius 3 is 1.71 bits per heavy atom. The van der Waals surface area contributed by atoms with Crippen molar-refractivity contribution in [3.05, 3.63) is 48.8 Å². The fourth-order valence-corrected chi connectivity index (χ4v) is 1.68. The largest absolute Gasteiger partial charge is 0.397 e. The third kappa shape index (κ3) is 2.40. The Kier molecular flexibility index (Phi) is 3.62. The molecule has 0 radical (unpaired) electrons. The summed E-state index contributed by atoms with van der Waals surface area (Å²) in [6.45, 7) is 1.93. The van der Waals surface area contributed by atoms with Gasteiger partial charge in [0.15, 0.2) is 0 Å². The van der Waals surface area contributed by atoms with Gasteiger partial charge in [-0.15, -0.1) is 0 Å². The molecule has 0 fully saturated rings. The zero-order valence-corrected chi connectivity index (χ0v) is 9.67. The average molecular weight is 226 g/mol. The molecule has 1 N–H and O–H groups in total. The fourth-order valence-electron chi connectivity index (χ4n) is 1.68. The zero-order chi connectivity index (χ0) is 12.1. The van der Waals surface area contributed by atoms with E-state index in [1.807, 2.05) is 12.1 Å². The monoisotopic (exact) mass is 226 g/mol. The van der Waals surface area contributed by atoms with Crippen LogP contribution < -0.4 is 0 Å². The standard InChI is InChI=1S/C12H8N2.C2H6O/c1-3-9-5-6-10-4-2-8-14-12(10)11(9)13-7-1;1-2-3/h1-8H;3H,2H2,1H3. The van der Waals surface area contributed by atoms with E-state index < -0.39 is 0 Å². The summed E-state index contributed by atoms with van der Waals surface area (Å²) in [5.74, 6) is 0. The maximum atomic E-state index is 7.57. The number of rotatable bonds is 0. The second-order valence-electron chi connectivity index (χ2n) is 3.53. The highest BCUT2D eigenvalue weighted by Crippen LogP contribution is 2.20. The normalized spacial score (nSPS) is 10.0. The van der Waals surface area contributed by atoms with Crippen molar-refractivity contribution in [1.82, 2.24) is 9.97 Å². The Balaban J connectivity index is 0.000000329. The fraction of sp³-hybridized carbons (Fsp3) is 0.143. The van der Waals surface area contributed by atoms with E-state index >= 15 is 0 Å². The van der Waals surface area contributed by atoms with E-state index in [0.29, 0.717) is 0 Å². The molecule has 3 heteroatoms. The van der Waals surface area contributed by atoms with Crippen LogP contribution in [0.2, 0.25) is 0 Å². The molecule has 0 bridgehead atoms. The van der Waals surface area contributed by atoms with Gasteiger partial charge >= 0.3 is 0 Å². The minimum Gasteiger partial charge on any atom is -0.397 e. The summed E-state index contributed by atoms with van der Waals surface area (Å²) in [5, 5.41) is 9.84. The lowest BCUT2D eigenvalue weighted by Gasteiger charge is -2.00. The molecule has 86 valence electrons. The molecule has 1 aromatic carbocycles. The Morgan fingerprint density at radius 1 is 0.882 bits per heavy atom. The molecule has 0 unspecified atom stereocenters. The number of aromatic nitrogens is 2. The minimum absolute atomic E-state index is 0.250. The predicted molar refractivity (Wildman–Crippen MR) is 69.8 cm³/mol. The van der Waals surface area contributed by atoms with Gasteiger partial charge in [-0.25, -0.2) is 0 Å². The summed E-state index contributed by atoms with van der Waals surface area (Å²) in [4.78, 5) is 8.69. The second-order valence-corrected chi connectivity index (χ2v) is 3.53. The van der Waals surface area contributed by atoms with E-state index in [1.165, 1.54) is 0 Å². The van der Waals surface area contributed by atoms with E-state index in [4.69, 9.17) is 5.11 Å². The third-order valence-electron chi connectivity index (χ3n) is 2.34. The minimum atomic E-state index is 0.250. The molecule has 2 aromatic heterocycles. The van der Waals surface area contributed by atoms with Crippen molar-refractivity contribution in [3.63, 3.8) is 0 Å². The Morgan fingerprint density at radius 2 is 1.29 bits per heavy atom. The van der Waals surface area contributed by atoms with Crippen molar-refractivity contribution in [2.45, 2.75) is 6.92 Å². The number of pyridine rings is 2. The predicted octanol–water partition coefficient (Wildman–Crippen LogP) is 2.78. The van der Waals surface area contributed by atoms with Crippen LogP contribution in [0.5, 0.6) is 0 Å². The summed E-state index contributed by atoms with van der Waals surface area (Å²) < 4.78 is 0. The Hall–Kier alpha value is -2.00. The number of fused-ring (bicyclic) bond motifs is 3. The number of nitrogens with zero attached hydrogens (tertiary/aromatic N) is 2. The van der Waals surface area contributed by atoms with Gasteiger partial charge in [0.05, 0.1) is 11.0 Å². The lowest BCUT2D eigenvalue weighted by molar-refractivity contribution is 0.318. The number of aliphatic hydroxyl groups is 1. The van der Waals surface area contributed by atoms with Crippen LogP contribution in [0, 0.1) is 0 Å². The number of aliphatic hydroxyl groups excluding tert-OH is 1. The van der Waals surface area contributed by atoms with Crippen LogP contribution in [-0.4, -0.2) is 21.7 Å². The molecule has 0 aliphatic heterocycles. The summed E-state index contributed by atoms with van der Waals surface area (Å²) >= 11 is 0. The summed E-state index contributed by atoms with van der Waals surface area (Å²) in [6.07, 6.45) is 3.60. The van der Waals surface area contributed by atoms with Gasteiger partial charge < -0.3 is 5.11 Å². The molecular weight excluding hydrogens is 212 g/mol. The number of benzene rings is 1. The van der Waals surface area contributed by atoms with Crippen molar-refractivity contribution in [3.8, 4) is 0 Å². The first-order valence-corrected chi connectivity index (χ1v) is 5.56. The van der Waals surface area contributed by atoms with Crippen LogP contribution in [-0.2, 0) is 0 Å². The van der Waals surface area contributed by atoms with Crippen molar-refractivity contribution in [1.29, 1.82) is 0 Å². The maximum Gasteiger partial charge on any atom is 0.0964 e. The highest BCUT2D eigenvalue weighted by Gasteiger charge is 2.00. The second kappa shape index (κ2) is 5.37. The van der Waals surface area contributed by atoms with Crippen LogP contribution in [0.4, 0.5) is 0 Å². The lowest BCUT2D eigenvalue weighted by atomic mass is 10.1. The molecule has 0 saturated carbocycles. The molecule has 3 aromatic rings. The highest BCUT2D eigenvalue weighted by molar-refractivity contribution is 6.02. The van der Waals surface area contributed by atoms with Gasteiger partial charge in [0.1, 0.15) is 0 Å². The summed E-state index contributed by atoms with van der Waals surface area (Å²) in [6, 6.07) is 12.1. The van der Waals surface area contributed by atoms with Gasteiger partial charge in [0.2, 0.25) is 0 Å². The first-order valence-electron chi connectivity index (χ1n) is 5.56. The van der Waals surface area contributed by atoms with E-state index in [1.54, 1.807) is 19.3 Å². The molecule has 17 heavy (non-hydrogen) atoms. The molecule has 0 spiro atoms. The third-order valence-corrected chi connectivity index (χ3v) is 2.34. The Labute approximate surface area is 99.8 Å². The van der Waals surface area contributed by atoms with Crippen LogP contribution in [0.15, 0.2) is 48.8 Å². The molecular formula is C14H14N2O. The van der Waals surface area contributed by atoms with Gasteiger partial charge in [0.25, 0.3) is 0 Å². The first-order chi connectivity index (χ1) is 8.36. The number of hydrogen-bond acceptors (Lipinski definition) is 3. The highest BCUT2D eigenvalue weighted by atomic mass is 16.2. The van der Waals surface area contributed by atoms with Crippen molar-refractivity contribution in [2.75, 3.05) is 6.61 Å². The van der Waals surface area contributed by atoms with Gasteiger partial charge in [-0.05, 0) is 19.1 Å². The molecule has 0 aliphatic rings. The van der Waals surface area contributed by atoms with Crippen molar-refractivity contribution >= 4 is 21.8 Å². The van der Waals surface area contributed by atoms with Crippen LogP contribution >= 0.6 is 0 Å². The topological polar surface area (TPSA) is 46.0 Å². The maximum absolute atomic E-state index is 7.57. The van der Waals surface area contributed by atoms with E-state index in [2.05, 4.69) is 34.2 Å². The smallest absolute Gasteiger partial charge is 0.0964 e. The quantitative estimate of drug-likeness (QED) is 0.599. The first kappa shape index (κ1) is 11.5. The SMILES string of the molecule is CCO.c1cnc2c(c1)ccc1cccnc12. The average Bonchev–Trinajstić information content (AvgIpc) is 2.40. The van der Waals surface area contributed by atoms with Gasteiger partial charge in [-0.1, -0.05) is 24.3 Å². The number of hydrogen-bond donors (Lipinski definition) is 1. The summed E-state index contributed by atoms with van der Waals surface area (Å²) in [7, 11) is 0. The zero-order valence-electron chi connectivity index (χ0n) is 9.67. The van der Waals surface area contributed by atoms with Crippen molar-refractivity contribution in [2.24, 2.45) is 0 Å². The van der Waals surface area contributed by atoms with E-state index in [0.717, 1.165) is 21.8 Å². The summed E-state index contributed by atoms with van der Waals surface area (Å²) in [5.41, 5.74) is 1.95. The van der Waals surface area contributed by atoms with Gasteiger partial charge in [-0.2, -0.15) is 0 Å². The van der Waals surface area contributed by atoms with Crippen LogP contribution in [0.25, 0.3) is 21.8 Å². The molecule has 0 saturated heterocycles. The van der Waals surface area contributed by atoms with Gasteiger partial charge in [0, 0.05) is 29.8 Å². The van der Waals surface area contributed by atoms with E-state index in [9.17, 15) is 0 Å².